The van der Waals surface area contributed by atoms with Gasteiger partial charge in [-0.05, 0) is 12.1 Å². The van der Waals surface area contributed by atoms with Crippen molar-refractivity contribution in [1.29, 1.82) is 0 Å². The fourth-order valence-electron chi connectivity index (χ4n) is 2.97. The molecule has 2 heterocycles. The number of benzene rings is 2. The van der Waals surface area contributed by atoms with Crippen LogP contribution in [0.4, 0.5) is 5.82 Å². The molecule has 0 aliphatic heterocycles. The van der Waals surface area contributed by atoms with Gasteiger partial charge in [0.05, 0.1) is 22.8 Å². The molecule has 5 nitrogen and oxygen atoms in total. The van der Waals surface area contributed by atoms with Crippen LogP contribution in [0.25, 0.3) is 16.9 Å². The first-order chi connectivity index (χ1) is 14.9. The van der Waals surface area contributed by atoms with Crippen molar-refractivity contribution >= 4 is 34.8 Å². The number of carbonyl (C=O) groups is 1. The quantitative estimate of drug-likeness (QED) is 0.366. The van der Waals surface area contributed by atoms with Crippen molar-refractivity contribution in [3.8, 4) is 16.9 Å². The summed E-state index contributed by atoms with van der Waals surface area (Å²) in [5.41, 5.74) is 3.73. The first-order valence-corrected chi connectivity index (χ1v) is 11.9. The zero-order valence-electron chi connectivity index (χ0n) is 17.7. The Morgan fingerprint density at radius 3 is 2.42 bits per heavy atom. The van der Waals surface area contributed by atoms with Crippen molar-refractivity contribution < 1.29 is 4.79 Å². The standard InChI is InChI=1S/C24H24N4OS2/c1-24(2,3)20-14-21(28(27-20)18-12-8-5-9-13-18)26-22(29)16-31-23-25-19(15-30-23)17-10-6-4-7-11-17/h4-15H,16H2,1-3H3,(H,26,29). The summed E-state index contributed by atoms with van der Waals surface area (Å²) in [5, 5.41) is 9.80. The van der Waals surface area contributed by atoms with Crippen LogP contribution < -0.4 is 5.32 Å². The average Bonchev–Trinajstić information content (AvgIpc) is 3.41. The van der Waals surface area contributed by atoms with Gasteiger partial charge in [-0.15, -0.1) is 11.3 Å². The van der Waals surface area contributed by atoms with Crippen LogP contribution in [0.2, 0.25) is 0 Å². The third-order valence-electron chi connectivity index (χ3n) is 4.63. The molecule has 0 radical (unpaired) electrons. The Morgan fingerprint density at radius 1 is 1.06 bits per heavy atom. The summed E-state index contributed by atoms with van der Waals surface area (Å²) in [6, 6.07) is 21.8. The molecule has 0 unspecified atom stereocenters. The molecular weight excluding hydrogens is 424 g/mol. The lowest BCUT2D eigenvalue weighted by atomic mass is 9.92. The van der Waals surface area contributed by atoms with Gasteiger partial charge in [-0.1, -0.05) is 81.1 Å². The van der Waals surface area contributed by atoms with Crippen molar-refractivity contribution in [2.75, 3.05) is 11.1 Å². The maximum atomic E-state index is 12.7. The molecule has 158 valence electrons. The minimum Gasteiger partial charge on any atom is -0.310 e. The zero-order chi connectivity index (χ0) is 21.8. The minimum absolute atomic E-state index is 0.0843. The number of aromatic nitrogens is 3. The molecule has 0 aliphatic rings. The van der Waals surface area contributed by atoms with Gasteiger partial charge in [-0.25, -0.2) is 9.67 Å². The topological polar surface area (TPSA) is 59.8 Å². The number of thiazole rings is 1. The maximum Gasteiger partial charge on any atom is 0.235 e. The van der Waals surface area contributed by atoms with Gasteiger partial charge in [-0.2, -0.15) is 5.10 Å². The second-order valence-corrected chi connectivity index (χ2v) is 10.2. The van der Waals surface area contributed by atoms with Gasteiger partial charge in [0, 0.05) is 22.4 Å². The lowest BCUT2D eigenvalue weighted by molar-refractivity contribution is -0.113. The summed E-state index contributed by atoms with van der Waals surface area (Å²) < 4.78 is 2.67. The van der Waals surface area contributed by atoms with E-state index in [9.17, 15) is 4.79 Å². The average molecular weight is 449 g/mol. The number of carbonyl (C=O) groups excluding carboxylic acids is 1. The SMILES string of the molecule is CC(C)(C)c1cc(NC(=O)CSc2nc(-c3ccccc3)cs2)n(-c2ccccc2)n1. The molecule has 31 heavy (non-hydrogen) atoms. The Bertz CT molecular complexity index is 1160. The van der Waals surface area contributed by atoms with Crippen molar-refractivity contribution in [2.45, 2.75) is 30.5 Å². The van der Waals surface area contributed by atoms with Gasteiger partial charge in [0.1, 0.15) is 5.82 Å². The van der Waals surface area contributed by atoms with Crippen molar-refractivity contribution in [3.63, 3.8) is 0 Å². The van der Waals surface area contributed by atoms with E-state index in [0.29, 0.717) is 5.82 Å². The van der Waals surface area contributed by atoms with Crippen molar-refractivity contribution in [1.82, 2.24) is 14.8 Å². The van der Waals surface area contributed by atoms with Crippen LogP contribution in [0, 0.1) is 0 Å². The van der Waals surface area contributed by atoms with Gasteiger partial charge < -0.3 is 5.32 Å². The Morgan fingerprint density at radius 2 is 1.74 bits per heavy atom. The molecule has 2 aromatic carbocycles. The summed E-state index contributed by atoms with van der Waals surface area (Å²) in [6.07, 6.45) is 0. The van der Waals surface area contributed by atoms with Crippen LogP contribution in [0.15, 0.2) is 76.4 Å². The van der Waals surface area contributed by atoms with E-state index in [1.54, 1.807) is 16.0 Å². The number of nitrogens with one attached hydrogen (secondary N) is 1. The van der Waals surface area contributed by atoms with E-state index in [1.165, 1.54) is 11.8 Å². The van der Waals surface area contributed by atoms with Crippen LogP contribution in [0.3, 0.4) is 0 Å². The molecule has 0 saturated heterocycles. The normalized spacial score (nSPS) is 11.5. The van der Waals surface area contributed by atoms with Gasteiger partial charge in [0.15, 0.2) is 4.34 Å². The molecule has 2 aromatic heterocycles. The Balaban J connectivity index is 1.46. The van der Waals surface area contributed by atoms with E-state index in [0.717, 1.165) is 27.0 Å². The van der Waals surface area contributed by atoms with Gasteiger partial charge in [0.25, 0.3) is 0 Å². The molecule has 0 bridgehead atoms. The van der Waals surface area contributed by atoms with Crippen LogP contribution in [0.5, 0.6) is 0 Å². The molecule has 4 rings (SSSR count). The maximum absolute atomic E-state index is 12.7. The largest absolute Gasteiger partial charge is 0.310 e. The number of hydrogen-bond donors (Lipinski definition) is 1. The van der Waals surface area contributed by atoms with Crippen molar-refractivity contribution in [3.05, 3.63) is 77.8 Å². The van der Waals surface area contributed by atoms with Gasteiger partial charge in [0.2, 0.25) is 5.91 Å². The molecular formula is C24H24N4OS2. The first kappa shape index (κ1) is 21.3. The minimum atomic E-state index is -0.122. The number of amides is 1. The van der Waals surface area contributed by atoms with E-state index in [1.807, 2.05) is 72.1 Å². The molecule has 0 aliphatic carbocycles. The first-order valence-electron chi connectivity index (χ1n) is 10.00. The van der Waals surface area contributed by atoms with Gasteiger partial charge >= 0.3 is 0 Å². The summed E-state index contributed by atoms with van der Waals surface area (Å²) >= 11 is 3.00. The summed E-state index contributed by atoms with van der Waals surface area (Å²) in [4.78, 5) is 17.4. The number of para-hydroxylation sites is 1. The number of hydrogen-bond acceptors (Lipinski definition) is 5. The Kier molecular flexibility index (Phi) is 6.25. The highest BCUT2D eigenvalue weighted by Crippen LogP contribution is 2.29. The van der Waals surface area contributed by atoms with Crippen LogP contribution in [-0.4, -0.2) is 26.4 Å². The van der Waals surface area contributed by atoms with E-state index in [4.69, 9.17) is 5.10 Å². The van der Waals surface area contributed by atoms with Crippen LogP contribution in [0.1, 0.15) is 26.5 Å². The molecule has 0 atom stereocenters. The second kappa shape index (κ2) is 9.08. The smallest absolute Gasteiger partial charge is 0.235 e. The molecule has 1 amide bonds. The lowest BCUT2D eigenvalue weighted by Gasteiger charge is -2.14. The van der Waals surface area contributed by atoms with E-state index in [-0.39, 0.29) is 17.1 Å². The molecule has 7 heteroatoms. The highest BCUT2D eigenvalue weighted by molar-refractivity contribution is 8.01. The fraction of sp³-hybridized carbons (Fsp3) is 0.208. The van der Waals surface area contributed by atoms with E-state index < -0.39 is 0 Å². The zero-order valence-corrected chi connectivity index (χ0v) is 19.3. The molecule has 0 spiro atoms. The predicted octanol–water partition coefficient (Wildman–Crippen LogP) is 6.02. The number of nitrogens with zero attached hydrogens (tertiary/aromatic N) is 3. The summed E-state index contributed by atoms with van der Waals surface area (Å²) in [6.45, 7) is 6.33. The summed E-state index contributed by atoms with van der Waals surface area (Å²) in [5.74, 6) is 0.872. The predicted molar refractivity (Wildman–Crippen MR) is 129 cm³/mol. The van der Waals surface area contributed by atoms with E-state index >= 15 is 0 Å². The van der Waals surface area contributed by atoms with E-state index in [2.05, 4.69) is 31.1 Å². The van der Waals surface area contributed by atoms with Gasteiger partial charge in [-0.3, -0.25) is 4.79 Å². The fourth-order valence-corrected chi connectivity index (χ4v) is 4.61. The Hall–Kier alpha value is -2.90. The highest BCUT2D eigenvalue weighted by atomic mass is 32.2. The Labute approximate surface area is 190 Å². The third kappa shape index (κ3) is 5.24. The second-order valence-electron chi connectivity index (χ2n) is 8.11. The number of thioether (sulfide) groups is 1. The monoisotopic (exact) mass is 448 g/mol. The molecule has 1 N–H and O–H groups in total. The van der Waals surface area contributed by atoms with Crippen molar-refractivity contribution in [2.24, 2.45) is 0 Å². The molecule has 0 saturated carbocycles. The lowest BCUT2D eigenvalue weighted by Crippen LogP contribution is -2.16. The molecule has 0 fully saturated rings. The number of anilines is 1. The summed E-state index contributed by atoms with van der Waals surface area (Å²) in [7, 11) is 0. The number of rotatable bonds is 6. The van der Waals surface area contributed by atoms with Crippen LogP contribution in [-0.2, 0) is 10.2 Å². The highest BCUT2D eigenvalue weighted by Gasteiger charge is 2.21. The third-order valence-corrected chi connectivity index (χ3v) is 6.65. The molecule has 4 aromatic rings. The van der Waals surface area contributed by atoms with Crippen LogP contribution >= 0.6 is 23.1 Å².